The molecule has 3 rings (SSSR count). The molecule has 0 amide bonds. The van der Waals surface area contributed by atoms with Gasteiger partial charge in [0.2, 0.25) is 0 Å². The van der Waals surface area contributed by atoms with Crippen LogP contribution >= 0.6 is 0 Å². The Balaban J connectivity index is 1.77. The summed E-state index contributed by atoms with van der Waals surface area (Å²) in [6, 6.07) is 0. The van der Waals surface area contributed by atoms with Gasteiger partial charge < -0.3 is 0 Å². The van der Waals surface area contributed by atoms with Crippen molar-refractivity contribution in [1.82, 2.24) is 10.3 Å². The van der Waals surface area contributed by atoms with Gasteiger partial charge in [-0.1, -0.05) is 69.1 Å². The Morgan fingerprint density at radius 1 is 0.773 bits per heavy atom. The Kier molecular flexibility index (Phi) is 5.54. The molecule has 2 aliphatic carbocycles. The molecular weight excluding hydrogens is 272 g/mol. The Bertz CT molecular complexity index is 446. The molecule has 0 bridgehead atoms. The van der Waals surface area contributed by atoms with Gasteiger partial charge >= 0.3 is 0 Å². The molecule has 0 aliphatic heterocycles. The minimum atomic E-state index is 0.597. The number of fused-ring (bicyclic) bond motifs is 1. The third kappa shape index (κ3) is 3.91. The van der Waals surface area contributed by atoms with Crippen molar-refractivity contribution in [2.45, 2.75) is 90.4 Å². The second-order valence-corrected chi connectivity index (χ2v) is 8.02. The molecule has 3 nitrogen and oxygen atoms in total. The van der Waals surface area contributed by atoms with E-state index in [9.17, 15) is 0 Å². The van der Waals surface area contributed by atoms with E-state index >= 15 is 0 Å². The molecule has 124 valence electrons. The Hall–Kier alpha value is -0.860. The van der Waals surface area contributed by atoms with Gasteiger partial charge in [-0.3, -0.25) is 0 Å². The van der Waals surface area contributed by atoms with Crippen molar-refractivity contribution in [2.24, 2.45) is 17.8 Å². The van der Waals surface area contributed by atoms with Crippen LogP contribution in [-0.4, -0.2) is 10.3 Å². The third-order valence-electron chi connectivity index (χ3n) is 6.05. The van der Waals surface area contributed by atoms with Crippen molar-refractivity contribution < 1.29 is 4.63 Å². The quantitative estimate of drug-likeness (QED) is 0.686. The molecule has 2 unspecified atom stereocenters. The van der Waals surface area contributed by atoms with Crippen molar-refractivity contribution in [3.8, 4) is 0 Å². The van der Waals surface area contributed by atoms with E-state index in [4.69, 9.17) is 4.63 Å². The van der Waals surface area contributed by atoms with Crippen molar-refractivity contribution in [3.05, 3.63) is 11.4 Å². The molecule has 0 aromatic carbocycles. The minimum absolute atomic E-state index is 0.597. The summed E-state index contributed by atoms with van der Waals surface area (Å²) >= 11 is 0. The van der Waals surface area contributed by atoms with Crippen molar-refractivity contribution >= 4 is 0 Å². The standard InChI is InChI=1S/C19H32N2O/c1-14-8-5-10-16(11-6-9-14)17-12-4-3-7-15(2)13-18-19(17)21-22-20-18/h14-17H,3-13H2,1-2H3. The first-order chi connectivity index (χ1) is 10.7. The summed E-state index contributed by atoms with van der Waals surface area (Å²) in [5, 5.41) is 8.64. The Morgan fingerprint density at radius 3 is 2.23 bits per heavy atom. The van der Waals surface area contributed by atoms with Gasteiger partial charge in [0.05, 0.1) is 0 Å². The lowest BCUT2D eigenvalue weighted by Gasteiger charge is -2.29. The lowest BCUT2D eigenvalue weighted by atomic mass is 9.76. The van der Waals surface area contributed by atoms with Gasteiger partial charge in [0.25, 0.3) is 0 Å². The molecule has 1 saturated carbocycles. The van der Waals surface area contributed by atoms with Gasteiger partial charge in [0, 0.05) is 5.92 Å². The Labute approximate surface area is 135 Å². The van der Waals surface area contributed by atoms with E-state index in [-0.39, 0.29) is 0 Å². The molecule has 1 heterocycles. The van der Waals surface area contributed by atoms with Gasteiger partial charge in [-0.25, -0.2) is 4.63 Å². The second-order valence-electron chi connectivity index (χ2n) is 8.02. The maximum atomic E-state index is 5.16. The first-order valence-corrected chi connectivity index (χ1v) is 9.55. The predicted octanol–water partition coefficient (Wildman–Crippen LogP) is 5.51. The Morgan fingerprint density at radius 2 is 1.45 bits per heavy atom. The lowest BCUT2D eigenvalue weighted by molar-refractivity contribution is 0.260. The average Bonchev–Trinajstić information content (AvgIpc) is 2.92. The number of aromatic nitrogens is 2. The number of nitrogens with zero attached hydrogens (tertiary/aromatic N) is 2. The summed E-state index contributed by atoms with van der Waals surface area (Å²) in [6.45, 7) is 4.76. The second kappa shape index (κ2) is 7.61. The van der Waals surface area contributed by atoms with Crippen LogP contribution in [0.1, 0.15) is 95.4 Å². The highest BCUT2D eigenvalue weighted by atomic mass is 16.6. The summed E-state index contributed by atoms with van der Waals surface area (Å²) in [5.41, 5.74) is 2.38. The molecule has 0 saturated heterocycles. The van der Waals surface area contributed by atoms with Gasteiger partial charge in [0.15, 0.2) is 0 Å². The van der Waals surface area contributed by atoms with E-state index in [1.165, 1.54) is 69.9 Å². The predicted molar refractivity (Wildman–Crippen MR) is 88.7 cm³/mol. The van der Waals surface area contributed by atoms with E-state index in [1.54, 1.807) is 0 Å². The molecule has 1 aromatic rings. The van der Waals surface area contributed by atoms with Crippen LogP contribution in [-0.2, 0) is 6.42 Å². The van der Waals surface area contributed by atoms with Crippen molar-refractivity contribution in [3.63, 3.8) is 0 Å². The van der Waals surface area contributed by atoms with Gasteiger partial charge in [0.1, 0.15) is 11.4 Å². The van der Waals surface area contributed by atoms with Gasteiger partial charge in [-0.15, -0.1) is 0 Å². The van der Waals surface area contributed by atoms with Crippen LogP contribution < -0.4 is 0 Å². The van der Waals surface area contributed by atoms with Crippen molar-refractivity contribution in [1.29, 1.82) is 0 Å². The van der Waals surface area contributed by atoms with E-state index < -0.39 is 0 Å². The molecule has 1 fully saturated rings. The highest BCUT2D eigenvalue weighted by molar-refractivity contribution is 5.16. The highest BCUT2D eigenvalue weighted by Gasteiger charge is 2.30. The number of hydrogen-bond donors (Lipinski definition) is 0. The van der Waals surface area contributed by atoms with Crippen LogP contribution in [0, 0.1) is 17.8 Å². The van der Waals surface area contributed by atoms with E-state index in [2.05, 4.69) is 24.2 Å². The maximum Gasteiger partial charge on any atom is 0.111 e. The molecule has 3 heteroatoms. The highest BCUT2D eigenvalue weighted by Crippen LogP contribution is 2.40. The topological polar surface area (TPSA) is 38.9 Å². The van der Waals surface area contributed by atoms with Gasteiger partial charge in [-0.2, -0.15) is 0 Å². The number of hydrogen-bond acceptors (Lipinski definition) is 3. The van der Waals surface area contributed by atoms with Crippen LogP contribution in [0.5, 0.6) is 0 Å². The van der Waals surface area contributed by atoms with Crippen LogP contribution in [0.25, 0.3) is 0 Å². The minimum Gasteiger partial charge on any atom is -0.244 e. The number of rotatable bonds is 1. The zero-order valence-electron chi connectivity index (χ0n) is 14.4. The largest absolute Gasteiger partial charge is 0.244 e. The zero-order chi connectivity index (χ0) is 15.4. The van der Waals surface area contributed by atoms with E-state index in [1.807, 2.05) is 0 Å². The SMILES string of the molecule is CC1CCCC(C2CCCCC(C)Cc3nonc32)CCC1. The third-order valence-corrected chi connectivity index (χ3v) is 6.05. The molecule has 0 N–H and O–H groups in total. The molecule has 0 spiro atoms. The molecule has 1 aromatic heterocycles. The smallest absolute Gasteiger partial charge is 0.111 e. The van der Waals surface area contributed by atoms with Crippen LogP contribution in [0.15, 0.2) is 4.63 Å². The monoisotopic (exact) mass is 304 g/mol. The lowest BCUT2D eigenvalue weighted by Crippen LogP contribution is -2.18. The molecule has 0 radical (unpaired) electrons. The maximum absolute atomic E-state index is 5.16. The summed E-state index contributed by atoms with van der Waals surface area (Å²) in [7, 11) is 0. The molecule has 22 heavy (non-hydrogen) atoms. The van der Waals surface area contributed by atoms with Crippen LogP contribution in [0.3, 0.4) is 0 Å². The average molecular weight is 304 g/mol. The molecule has 2 aliphatic rings. The summed E-state index contributed by atoms with van der Waals surface area (Å²) in [4.78, 5) is 0. The molecular formula is C19H32N2O. The summed E-state index contributed by atoms with van der Waals surface area (Å²) in [5.74, 6) is 3.03. The first-order valence-electron chi connectivity index (χ1n) is 9.55. The summed E-state index contributed by atoms with van der Waals surface area (Å²) in [6.07, 6.45) is 14.7. The van der Waals surface area contributed by atoms with Gasteiger partial charge in [-0.05, 0) is 43.4 Å². The van der Waals surface area contributed by atoms with E-state index in [0.717, 1.165) is 24.0 Å². The first kappa shape index (κ1) is 16.0. The zero-order valence-corrected chi connectivity index (χ0v) is 14.4. The van der Waals surface area contributed by atoms with Crippen LogP contribution in [0.2, 0.25) is 0 Å². The molecule has 2 atom stereocenters. The fourth-order valence-electron chi connectivity index (χ4n) is 4.67. The van der Waals surface area contributed by atoms with Crippen molar-refractivity contribution in [2.75, 3.05) is 0 Å². The summed E-state index contributed by atoms with van der Waals surface area (Å²) < 4.78 is 5.16. The van der Waals surface area contributed by atoms with Crippen LogP contribution in [0.4, 0.5) is 0 Å². The fraction of sp³-hybridized carbons (Fsp3) is 0.895. The normalized spacial score (nSPS) is 34.6. The fourth-order valence-corrected chi connectivity index (χ4v) is 4.67. The van der Waals surface area contributed by atoms with E-state index in [0.29, 0.717) is 11.8 Å².